The summed E-state index contributed by atoms with van der Waals surface area (Å²) in [6.07, 6.45) is 0.400. The van der Waals surface area contributed by atoms with E-state index in [2.05, 4.69) is 32.8 Å². The van der Waals surface area contributed by atoms with Crippen LogP contribution in [0.25, 0.3) is 21.3 Å². The van der Waals surface area contributed by atoms with Gasteiger partial charge in [-0.2, -0.15) is 0 Å². The van der Waals surface area contributed by atoms with Gasteiger partial charge in [-0.1, -0.05) is 17.9 Å². The molecule has 166 valence electrons. The number of nitrogens with zero attached hydrogens (tertiary/aromatic N) is 3. The zero-order valence-electron chi connectivity index (χ0n) is 17.2. The number of hydrogen-bond acceptors (Lipinski definition) is 5. The molecule has 0 radical (unpaired) electrons. The van der Waals surface area contributed by atoms with Gasteiger partial charge in [-0.15, -0.1) is 11.3 Å². The van der Waals surface area contributed by atoms with E-state index >= 15 is 0 Å². The van der Waals surface area contributed by atoms with Crippen LogP contribution in [0.4, 0.5) is 8.78 Å². The summed E-state index contributed by atoms with van der Waals surface area (Å²) in [6.45, 7) is 2.65. The van der Waals surface area contributed by atoms with Gasteiger partial charge in [0, 0.05) is 5.56 Å². The summed E-state index contributed by atoms with van der Waals surface area (Å²) in [7, 11) is 0. The van der Waals surface area contributed by atoms with E-state index in [1.165, 1.54) is 59.2 Å². The van der Waals surface area contributed by atoms with Gasteiger partial charge in [0.2, 0.25) is 5.91 Å². The van der Waals surface area contributed by atoms with Crippen LogP contribution in [0.2, 0.25) is 0 Å². The van der Waals surface area contributed by atoms with Gasteiger partial charge in [0.15, 0.2) is 0 Å². The van der Waals surface area contributed by atoms with E-state index in [1.807, 2.05) is 0 Å². The van der Waals surface area contributed by atoms with E-state index in [0.717, 1.165) is 0 Å². The maximum atomic E-state index is 13.8. The van der Waals surface area contributed by atoms with Gasteiger partial charge in [0.05, 0.1) is 34.2 Å². The van der Waals surface area contributed by atoms with Crippen molar-refractivity contribution in [1.82, 2.24) is 14.5 Å². The molecule has 0 aliphatic carbocycles. The maximum absolute atomic E-state index is 13.8. The molecule has 1 aromatic carbocycles. The second-order valence-corrected chi connectivity index (χ2v) is 9.75. The highest BCUT2D eigenvalue weighted by Gasteiger charge is 2.41. The topological polar surface area (TPSA) is 75.4 Å². The Bertz CT molecular complexity index is 1350. The molecule has 3 heterocycles. The highest BCUT2D eigenvalue weighted by atomic mass is 79.9. The Balaban J connectivity index is 1.83. The van der Waals surface area contributed by atoms with Gasteiger partial charge < -0.3 is 10.0 Å². The number of halogens is 3. The molecule has 0 spiro atoms. The number of benzene rings is 1. The van der Waals surface area contributed by atoms with Crippen molar-refractivity contribution in [3.05, 3.63) is 50.0 Å². The number of carbonyl (C=O) groups excluding carboxylic acids is 1. The predicted octanol–water partition coefficient (Wildman–Crippen LogP) is 3.33. The molecule has 0 bridgehead atoms. The predicted molar refractivity (Wildman–Crippen MR) is 122 cm³/mol. The van der Waals surface area contributed by atoms with Crippen LogP contribution in [-0.4, -0.2) is 50.3 Å². The van der Waals surface area contributed by atoms with E-state index < -0.39 is 23.1 Å². The number of thiophene rings is 1. The number of aromatic nitrogens is 2. The number of hydrogen-bond donors (Lipinski definition) is 1. The summed E-state index contributed by atoms with van der Waals surface area (Å²) in [4.78, 5) is 32.4. The molecule has 1 aliphatic heterocycles. The summed E-state index contributed by atoms with van der Waals surface area (Å²) in [5, 5.41) is 9.82. The second-order valence-electron chi connectivity index (χ2n) is 7.90. The third kappa shape index (κ3) is 4.33. The Kier molecular flexibility index (Phi) is 5.92. The fourth-order valence-corrected chi connectivity index (χ4v) is 4.89. The summed E-state index contributed by atoms with van der Waals surface area (Å²) in [5.41, 5.74) is -0.864. The van der Waals surface area contributed by atoms with Gasteiger partial charge in [-0.25, -0.2) is 13.8 Å². The normalized spacial score (nSPS) is 15.8. The highest BCUT2D eigenvalue weighted by Crippen LogP contribution is 2.37. The number of aliphatic hydroxyl groups excluding tert-OH is 1. The van der Waals surface area contributed by atoms with Crippen molar-refractivity contribution in [2.24, 2.45) is 0 Å². The lowest BCUT2D eigenvalue weighted by molar-refractivity contribution is -0.144. The third-order valence-electron chi connectivity index (χ3n) is 4.98. The first-order valence-electron chi connectivity index (χ1n) is 9.69. The molecule has 10 heteroatoms. The molecule has 2 aromatic heterocycles. The van der Waals surface area contributed by atoms with Gasteiger partial charge in [0.25, 0.3) is 5.56 Å². The van der Waals surface area contributed by atoms with Crippen molar-refractivity contribution in [2.75, 3.05) is 13.1 Å². The minimum Gasteiger partial charge on any atom is -0.381 e. The molecule has 3 aromatic rings. The zero-order valence-corrected chi connectivity index (χ0v) is 19.6. The molecule has 1 fully saturated rings. The minimum absolute atomic E-state index is 0.0113. The molecule has 32 heavy (non-hydrogen) atoms. The lowest BCUT2D eigenvalue weighted by Gasteiger charge is -2.42. The average molecular weight is 522 g/mol. The van der Waals surface area contributed by atoms with Crippen molar-refractivity contribution in [3.63, 3.8) is 0 Å². The fourth-order valence-electron chi connectivity index (χ4n) is 3.50. The molecule has 1 atom stereocenters. The van der Waals surface area contributed by atoms with Crippen LogP contribution in [0.3, 0.4) is 0 Å². The molecule has 1 amide bonds. The standard InChI is InChI=1S/C22H18BrF2N3O3S/c1-12(29)3-6-16-18(13-4-5-15(24)14(23)7-13)19-20(32-16)26-11-27(21(19)31)8-17(30)28-9-22(2,25)10-28/h4-5,7,11-12,29H,8-10H2,1-2H3. The summed E-state index contributed by atoms with van der Waals surface area (Å²) >= 11 is 4.33. The van der Waals surface area contributed by atoms with Crippen LogP contribution in [0.1, 0.15) is 18.7 Å². The number of amides is 1. The van der Waals surface area contributed by atoms with Crippen molar-refractivity contribution in [3.8, 4) is 23.0 Å². The van der Waals surface area contributed by atoms with Crippen LogP contribution in [0.5, 0.6) is 0 Å². The maximum Gasteiger partial charge on any atom is 0.263 e. The first-order valence-corrected chi connectivity index (χ1v) is 11.3. The second kappa shape index (κ2) is 8.39. The molecule has 4 rings (SSSR count). The summed E-state index contributed by atoms with van der Waals surface area (Å²) in [6, 6.07) is 4.33. The Hall–Kier alpha value is -2.61. The lowest BCUT2D eigenvalue weighted by Crippen LogP contribution is -2.60. The van der Waals surface area contributed by atoms with E-state index in [9.17, 15) is 23.5 Å². The Labute approximate surface area is 194 Å². The molecular weight excluding hydrogens is 504 g/mol. The van der Waals surface area contributed by atoms with Gasteiger partial charge >= 0.3 is 0 Å². The first kappa shape index (κ1) is 22.6. The van der Waals surface area contributed by atoms with E-state index in [4.69, 9.17) is 0 Å². The minimum atomic E-state index is -1.41. The number of alkyl halides is 1. The lowest BCUT2D eigenvalue weighted by atomic mass is 9.99. The molecule has 1 unspecified atom stereocenters. The Morgan fingerprint density at radius 2 is 2.16 bits per heavy atom. The van der Waals surface area contributed by atoms with Crippen LogP contribution >= 0.6 is 27.3 Å². The van der Waals surface area contributed by atoms with Crippen molar-refractivity contribution in [1.29, 1.82) is 0 Å². The fraction of sp³-hybridized carbons (Fsp3) is 0.318. The number of rotatable bonds is 3. The number of likely N-dealkylation sites (tertiary alicyclic amines) is 1. The SMILES string of the molecule is CC(O)C#Cc1sc2ncn(CC(=O)N3CC(C)(F)C3)c(=O)c2c1-c1ccc(F)c(Br)c1. The molecular formula is C22H18BrF2N3O3S. The summed E-state index contributed by atoms with van der Waals surface area (Å²) in [5.74, 6) is 4.70. The van der Waals surface area contributed by atoms with E-state index in [1.54, 1.807) is 0 Å². The zero-order chi connectivity index (χ0) is 23.2. The third-order valence-corrected chi connectivity index (χ3v) is 6.60. The van der Waals surface area contributed by atoms with E-state index in [-0.39, 0.29) is 35.4 Å². The van der Waals surface area contributed by atoms with Crippen molar-refractivity contribution in [2.45, 2.75) is 32.2 Å². The largest absolute Gasteiger partial charge is 0.381 e. The highest BCUT2D eigenvalue weighted by molar-refractivity contribution is 9.10. The van der Waals surface area contributed by atoms with Crippen LogP contribution in [0.15, 0.2) is 33.8 Å². The Morgan fingerprint density at radius 3 is 2.78 bits per heavy atom. The van der Waals surface area contributed by atoms with Crippen molar-refractivity contribution < 1.29 is 18.7 Å². The van der Waals surface area contributed by atoms with Gasteiger partial charge in [0.1, 0.15) is 29.0 Å². The van der Waals surface area contributed by atoms with Gasteiger partial charge in [-0.3, -0.25) is 14.2 Å². The molecule has 1 aliphatic rings. The van der Waals surface area contributed by atoms with Gasteiger partial charge in [-0.05, 0) is 47.5 Å². The quantitative estimate of drug-likeness (QED) is 0.536. The van der Waals surface area contributed by atoms with Crippen LogP contribution in [-0.2, 0) is 11.3 Å². The smallest absolute Gasteiger partial charge is 0.263 e. The average Bonchev–Trinajstić information content (AvgIpc) is 3.08. The number of fused-ring (bicyclic) bond motifs is 1. The van der Waals surface area contributed by atoms with Crippen molar-refractivity contribution >= 4 is 43.4 Å². The Morgan fingerprint density at radius 1 is 1.44 bits per heavy atom. The number of aliphatic hydroxyl groups is 1. The first-order chi connectivity index (χ1) is 15.1. The van der Waals surface area contributed by atoms with E-state index in [0.29, 0.717) is 20.8 Å². The molecule has 0 saturated carbocycles. The summed E-state index contributed by atoms with van der Waals surface area (Å²) < 4.78 is 29.0. The molecule has 1 saturated heterocycles. The van der Waals surface area contributed by atoms with Crippen LogP contribution in [0, 0.1) is 17.7 Å². The van der Waals surface area contributed by atoms with Crippen LogP contribution < -0.4 is 5.56 Å². The molecule has 1 N–H and O–H groups in total. The monoisotopic (exact) mass is 521 g/mol. The molecule has 6 nitrogen and oxygen atoms in total. The number of carbonyl (C=O) groups is 1.